The van der Waals surface area contributed by atoms with Crippen LogP contribution in [0.4, 0.5) is 0 Å². The Labute approximate surface area is 156 Å². The van der Waals surface area contributed by atoms with E-state index in [-0.39, 0.29) is 0 Å². The van der Waals surface area contributed by atoms with Crippen molar-refractivity contribution >= 4 is 43.7 Å². The van der Waals surface area contributed by atoms with Gasteiger partial charge in [-0.1, -0.05) is 48.0 Å². The van der Waals surface area contributed by atoms with Gasteiger partial charge in [-0.3, -0.25) is 0 Å². The molecule has 27 heavy (non-hydrogen) atoms. The molecule has 0 saturated carbocycles. The summed E-state index contributed by atoms with van der Waals surface area (Å²) in [5, 5.41) is 4.91. The monoisotopic (exact) mass is 347 g/mol. The summed E-state index contributed by atoms with van der Waals surface area (Å²) in [6, 6.07) is 29.9. The van der Waals surface area contributed by atoms with E-state index in [2.05, 4.69) is 84.3 Å². The number of furan rings is 1. The summed E-state index contributed by atoms with van der Waals surface area (Å²) in [5.41, 5.74) is 6.75. The van der Waals surface area contributed by atoms with E-state index in [1.54, 1.807) is 0 Å². The van der Waals surface area contributed by atoms with Crippen LogP contribution in [0.3, 0.4) is 0 Å². The van der Waals surface area contributed by atoms with Crippen molar-refractivity contribution in [1.82, 2.24) is 4.57 Å². The van der Waals surface area contributed by atoms with Crippen molar-refractivity contribution in [3.05, 3.63) is 90.5 Å². The molecule has 4 aromatic carbocycles. The number of benzene rings is 4. The van der Waals surface area contributed by atoms with E-state index in [0.29, 0.717) is 0 Å². The number of para-hydroxylation sites is 2. The molecule has 0 atom stereocenters. The molecule has 6 rings (SSSR count). The van der Waals surface area contributed by atoms with Crippen molar-refractivity contribution in [2.75, 3.05) is 0 Å². The van der Waals surface area contributed by atoms with Gasteiger partial charge in [0.15, 0.2) is 0 Å². The van der Waals surface area contributed by atoms with E-state index in [0.717, 1.165) is 11.2 Å². The minimum Gasteiger partial charge on any atom is -0.456 e. The highest BCUT2D eigenvalue weighted by Crippen LogP contribution is 2.41. The van der Waals surface area contributed by atoms with Crippen LogP contribution in [0.15, 0.2) is 89.3 Å². The lowest BCUT2D eigenvalue weighted by Crippen LogP contribution is -1.92. The Kier molecular flexibility index (Phi) is 2.84. The minimum atomic E-state index is 0.938. The molecule has 2 heteroatoms. The average molecular weight is 347 g/mol. The van der Waals surface area contributed by atoms with Crippen LogP contribution in [-0.4, -0.2) is 4.57 Å². The molecule has 2 heterocycles. The number of fused-ring (bicyclic) bond motifs is 7. The third-order valence-corrected chi connectivity index (χ3v) is 5.44. The SMILES string of the molecule is Cc1ccc2c(c1)c1c3c(ccc1n2-c1ccccc1)oc1ccccc13. The van der Waals surface area contributed by atoms with Gasteiger partial charge in [-0.05, 0) is 49.4 Å². The van der Waals surface area contributed by atoms with Crippen LogP contribution in [0.1, 0.15) is 5.56 Å². The van der Waals surface area contributed by atoms with Gasteiger partial charge in [0.05, 0.1) is 11.0 Å². The molecule has 128 valence electrons. The van der Waals surface area contributed by atoms with Gasteiger partial charge < -0.3 is 8.98 Å². The zero-order valence-electron chi connectivity index (χ0n) is 14.9. The van der Waals surface area contributed by atoms with Gasteiger partial charge >= 0.3 is 0 Å². The van der Waals surface area contributed by atoms with Gasteiger partial charge in [-0.25, -0.2) is 0 Å². The van der Waals surface area contributed by atoms with E-state index < -0.39 is 0 Å². The van der Waals surface area contributed by atoms with Crippen LogP contribution in [0.2, 0.25) is 0 Å². The highest BCUT2D eigenvalue weighted by molar-refractivity contribution is 6.27. The summed E-state index contributed by atoms with van der Waals surface area (Å²) in [7, 11) is 0. The summed E-state index contributed by atoms with van der Waals surface area (Å²) in [6.45, 7) is 2.15. The van der Waals surface area contributed by atoms with E-state index >= 15 is 0 Å². The molecule has 0 fully saturated rings. The molecule has 0 spiro atoms. The lowest BCUT2D eigenvalue weighted by Gasteiger charge is -2.07. The molecule has 2 nitrogen and oxygen atoms in total. The van der Waals surface area contributed by atoms with Crippen LogP contribution in [0, 0.1) is 6.92 Å². The van der Waals surface area contributed by atoms with Gasteiger partial charge in [-0.2, -0.15) is 0 Å². The summed E-state index contributed by atoms with van der Waals surface area (Å²) in [6.07, 6.45) is 0. The van der Waals surface area contributed by atoms with Crippen molar-refractivity contribution in [1.29, 1.82) is 0 Å². The van der Waals surface area contributed by atoms with Crippen molar-refractivity contribution in [2.45, 2.75) is 6.92 Å². The Morgan fingerprint density at radius 2 is 1.41 bits per heavy atom. The zero-order chi connectivity index (χ0) is 18.0. The van der Waals surface area contributed by atoms with Crippen LogP contribution in [0.5, 0.6) is 0 Å². The van der Waals surface area contributed by atoms with Gasteiger partial charge in [-0.15, -0.1) is 0 Å². The predicted octanol–water partition coefficient (Wildman–Crippen LogP) is 6.99. The molecule has 0 aliphatic heterocycles. The molecule has 0 bridgehead atoms. The molecule has 0 N–H and O–H groups in total. The first-order valence-electron chi connectivity index (χ1n) is 9.22. The summed E-state index contributed by atoms with van der Waals surface area (Å²) >= 11 is 0. The predicted molar refractivity (Wildman–Crippen MR) is 113 cm³/mol. The standard InChI is InChI=1S/C25H17NO/c1-16-11-12-20-19(15-16)24-21(26(20)17-7-3-2-4-8-17)13-14-23-25(24)18-9-5-6-10-22(18)27-23/h2-15H,1H3. The molecule has 0 unspecified atom stereocenters. The second-order valence-corrected chi connectivity index (χ2v) is 7.12. The topological polar surface area (TPSA) is 18.1 Å². The van der Waals surface area contributed by atoms with Gasteiger partial charge in [0.2, 0.25) is 0 Å². The highest BCUT2D eigenvalue weighted by Gasteiger charge is 2.18. The smallest absolute Gasteiger partial charge is 0.136 e. The van der Waals surface area contributed by atoms with Crippen LogP contribution in [0.25, 0.3) is 49.4 Å². The summed E-state index contributed by atoms with van der Waals surface area (Å²) in [4.78, 5) is 0. The summed E-state index contributed by atoms with van der Waals surface area (Å²) in [5.74, 6) is 0. The quantitative estimate of drug-likeness (QED) is 0.313. The van der Waals surface area contributed by atoms with E-state index in [1.807, 2.05) is 12.1 Å². The Bertz CT molecular complexity index is 1470. The minimum absolute atomic E-state index is 0.938. The van der Waals surface area contributed by atoms with E-state index in [1.165, 1.54) is 43.8 Å². The lowest BCUT2D eigenvalue weighted by atomic mass is 10.0. The first kappa shape index (κ1) is 14.6. The van der Waals surface area contributed by atoms with Crippen molar-refractivity contribution in [2.24, 2.45) is 0 Å². The zero-order valence-corrected chi connectivity index (χ0v) is 14.9. The fourth-order valence-electron chi connectivity index (χ4n) is 4.29. The molecule has 0 radical (unpaired) electrons. The molecular formula is C25H17NO. The normalized spacial score (nSPS) is 11.9. The molecule has 2 aromatic heterocycles. The number of nitrogens with zero attached hydrogens (tertiary/aromatic N) is 1. The second-order valence-electron chi connectivity index (χ2n) is 7.12. The van der Waals surface area contributed by atoms with Crippen molar-refractivity contribution < 1.29 is 4.42 Å². The molecule has 0 aliphatic rings. The average Bonchev–Trinajstić information content (AvgIpc) is 3.23. The number of rotatable bonds is 1. The van der Waals surface area contributed by atoms with Gasteiger partial charge in [0.1, 0.15) is 11.2 Å². The third kappa shape index (κ3) is 1.95. The fraction of sp³-hybridized carbons (Fsp3) is 0.0400. The van der Waals surface area contributed by atoms with Crippen LogP contribution < -0.4 is 0 Å². The lowest BCUT2D eigenvalue weighted by molar-refractivity contribution is 0.669. The Morgan fingerprint density at radius 1 is 0.630 bits per heavy atom. The maximum atomic E-state index is 6.15. The van der Waals surface area contributed by atoms with Gasteiger partial charge in [0, 0.05) is 27.2 Å². The third-order valence-electron chi connectivity index (χ3n) is 5.44. The number of aromatic nitrogens is 1. The van der Waals surface area contributed by atoms with Crippen molar-refractivity contribution in [3.8, 4) is 5.69 Å². The Balaban J connectivity index is 1.93. The van der Waals surface area contributed by atoms with E-state index in [9.17, 15) is 0 Å². The second kappa shape index (κ2) is 5.24. The summed E-state index contributed by atoms with van der Waals surface area (Å²) < 4.78 is 8.50. The first-order chi connectivity index (χ1) is 13.3. The maximum absolute atomic E-state index is 6.15. The number of hydrogen-bond acceptors (Lipinski definition) is 1. The molecule has 0 aliphatic carbocycles. The molecule has 6 aromatic rings. The highest BCUT2D eigenvalue weighted by atomic mass is 16.3. The molecule has 0 saturated heterocycles. The Morgan fingerprint density at radius 3 is 2.30 bits per heavy atom. The number of hydrogen-bond donors (Lipinski definition) is 0. The maximum Gasteiger partial charge on any atom is 0.136 e. The van der Waals surface area contributed by atoms with Gasteiger partial charge in [0.25, 0.3) is 0 Å². The van der Waals surface area contributed by atoms with Crippen LogP contribution in [-0.2, 0) is 0 Å². The van der Waals surface area contributed by atoms with E-state index in [4.69, 9.17) is 4.42 Å². The van der Waals surface area contributed by atoms with Crippen LogP contribution >= 0.6 is 0 Å². The van der Waals surface area contributed by atoms with Crippen molar-refractivity contribution in [3.63, 3.8) is 0 Å². The Hall–Kier alpha value is -3.52. The first-order valence-corrected chi connectivity index (χ1v) is 9.22. The largest absolute Gasteiger partial charge is 0.456 e. The number of aryl methyl sites for hydroxylation is 1. The fourth-order valence-corrected chi connectivity index (χ4v) is 4.29. The molecule has 0 amide bonds. The molecular weight excluding hydrogens is 330 g/mol.